The molecule has 2 rings (SSSR count). The van der Waals surface area contributed by atoms with Gasteiger partial charge in [0.15, 0.2) is 0 Å². The molecular weight excluding hydrogens is 174 g/mol. The molecule has 0 saturated carbocycles. The Bertz CT molecular complexity index is 322. The van der Waals surface area contributed by atoms with Gasteiger partial charge in [0, 0.05) is 0 Å². The first-order valence-electron chi connectivity index (χ1n) is 5.15. The maximum Gasteiger partial charge on any atom is 0.0795 e. The van der Waals surface area contributed by atoms with Crippen molar-refractivity contribution in [3.8, 4) is 0 Å². The molecule has 1 aromatic rings. The molecule has 2 nitrogen and oxygen atoms in total. The standard InChI is InChI=1S/C12H17NO/c1-8(2)12-11(13)10-6-4-3-5-9(10)7-14-12/h3-6,8,11-12H,7,13H2,1-2H3/t11-,12+/m0/s1. The van der Waals surface area contributed by atoms with Crippen LogP contribution >= 0.6 is 0 Å². The number of fused-ring (bicyclic) bond motifs is 1. The fourth-order valence-electron chi connectivity index (χ4n) is 2.06. The predicted molar refractivity (Wildman–Crippen MR) is 56.8 cm³/mol. The molecule has 0 aromatic heterocycles. The summed E-state index contributed by atoms with van der Waals surface area (Å²) in [5.41, 5.74) is 8.65. The van der Waals surface area contributed by atoms with Crippen molar-refractivity contribution in [3.63, 3.8) is 0 Å². The smallest absolute Gasteiger partial charge is 0.0795 e. The lowest BCUT2D eigenvalue weighted by Crippen LogP contribution is -2.37. The molecule has 0 bridgehead atoms. The molecule has 0 saturated heterocycles. The van der Waals surface area contributed by atoms with Crippen LogP contribution in [0.1, 0.15) is 31.0 Å². The molecule has 2 heteroatoms. The van der Waals surface area contributed by atoms with Gasteiger partial charge in [0.25, 0.3) is 0 Å². The van der Waals surface area contributed by atoms with Crippen molar-refractivity contribution in [1.29, 1.82) is 0 Å². The summed E-state index contributed by atoms with van der Waals surface area (Å²) in [6, 6.07) is 8.30. The molecule has 2 N–H and O–H groups in total. The molecule has 0 unspecified atom stereocenters. The second-order valence-electron chi connectivity index (χ2n) is 4.24. The molecule has 0 amide bonds. The third kappa shape index (κ3) is 1.56. The predicted octanol–water partition coefficient (Wildman–Crippen LogP) is 2.24. The highest BCUT2D eigenvalue weighted by molar-refractivity contribution is 5.31. The number of hydrogen-bond acceptors (Lipinski definition) is 2. The minimum absolute atomic E-state index is 0.0277. The van der Waals surface area contributed by atoms with Crippen LogP contribution in [0.4, 0.5) is 0 Å². The van der Waals surface area contributed by atoms with Crippen molar-refractivity contribution in [2.24, 2.45) is 11.7 Å². The van der Waals surface area contributed by atoms with E-state index in [2.05, 4.69) is 26.0 Å². The monoisotopic (exact) mass is 191 g/mol. The summed E-state index contributed by atoms with van der Waals surface area (Å²) in [7, 11) is 0. The first kappa shape index (κ1) is 9.69. The molecular formula is C12H17NO. The van der Waals surface area contributed by atoms with Crippen LogP contribution in [-0.4, -0.2) is 6.10 Å². The summed E-state index contributed by atoms with van der Waals surface area (Å²) in [5.74, 6) is 0.471. The molecule has 1 aliphatic rings. The Kier molecular flexibility index (Phi) is 2.57. The molecule has 76 valence electrons. The number of benzene rings is 1. The fraction of sp³-hybridized carbons (Fsp3) is 0.500. The summed E-state index contributed by atoms with van der Waals surface area (Å²) in [6.07, 6.45) is 0.157. The summed E-state index contributed by atoms with van der Waals surface area (Å²) in [5, 5.41) is 0. The van der Waals surface area contributed by atoms with Gasteiger partial charge in [-0.15, -0.1) is 0 Å². The normalized spacial score (nSPS) is 26.3. The Labute approximate surface area is 85.1 Å². The second kappa shape index (κ2) is 3.71. The average Bonchev–Trinajstić information content (AvgIpc) is 2.18. The van der Waals surface area contributed by atoms with Gasteiger partial charge in [-0.2, -0.15) is 0 Å². The van der Waals surface area contributed by atoms with E-state index in [0.717, 1.165) is 0 Å². The lowest BCUT2D eigenvalue weighted by atomic mass is 9.89. The maximum absolute atomic E-state index is 6.17. The second-order valence-corrected chi connectivity index (χ2v) is 4.24. The quantitative estimate of drug-likeness (QED) is 0.739. The van der Waals surface area contributed by atoms with Gasteiger partial charge in [0.2, 0.25) is 0 Å². The van der Waals surface area contributed by atoms with E-state index in [4.69, 9.17) is 10.5 Å². The van der Waals surface area contributed by atoms with E-state index in [1.54, 1.807) is 0 Å². The summed E-state index contributed by atoms with van der Waals surface area (Å²) < 4.78 is 5.75. The first-order valence-corrected chi connectivity index (χ1v) is 5.15. The van der Waals surface area contributed by atoms with Crippen molar-refractivity contribution in [2.45, 2.75) is 32.6 Å². The first-order chi connectivity index (χ1) is 6.70. The highest BCUT2D eigenvalue weighted by Crippen LogP contribution is 2.30. The van der Waals surface area contributed by atoms with Gasteiger partial charge >= 0.3 is 0 Å². The topological polar surface area (TPSA) is 35.2 Å². The maximum atomic E-state index is 6.17. The van der Waals surface area contributed by atoms with Crippen LogP contribution in [0, 0.1) is 5.92 Å². The molecule has 2 atom stereocenters. The van der Waals surface area contributed by atoms with E-state index in [0.29, 0.717) is 12.5 Å². The molecule has 0 radical (unpaired) electrons. The van der Waals surface area contributed by atoms with Gasteiger partial charge in [0.1, 0.15) is 0 Å². The SMILES string of the molecule is CC(C)[C@H]1OCc2ccccc2[C@@H]1N. The molecule has 1 aromatic carbocycles. The number of rotatable bonds is 1. The zero-order valence-electron chi connectivity index (χ0n) is 8.73. The van der Waals surface area contributed by atoms with Gasteiger partial charge in [-0.05, 0) is 17.0 Å². The Morgan fingerprint density at radius 1 is 1.36 bits per heavy atom. The third-order valence-corrected chi connectivity index (χ3v) is 2.86. The van der Waals surface area contributed by atoms with Gasteiger partial charge in [-0.25, -0.2) is 0 Å². The van der Waals surface area contributed by atoms with Crippen molar-refractivity contribution in [1.82, 2.24) is 0 Å². The fourth-order valence-corrected chi connectivity index (χ4v) is 2.06. The van der Waals surface area contributed by atoms with Gasteiger partial charge < -0.3 is 10.5 Å². The van der Waals surface area contributed by atoms with E-state index >= 15 is 0 Å². The lowest BCUT2D eigenvalue weighted by Gasteiger charge is -2.33. The molecule has 0 spiro atoms. The van der Waals surface area contributed by atoms with Crippen molar-refractivity contribution in [3.05, 3.63) is 35.4 Å². The van der Waals surface area contributed by atoms with Crippen LogP contribution < -0.4 is 5.73 Å². The molecule has 0 aliphatic carbocycles. The molecule has 1 aliphatic heterocycles. The van der Waals surface area contributed by atoms with Crippen LogP contribution in [0.3, 0.4) is 0 Å². The Morgan fingerprint density at radius 3 is 2.79 bits per heavy atom. The van der Waals surface area contributed by atoms with E-state index in [-0.39, 0.29) is 12.1 Å². The zero-order chi connectivity index (χ0) is 10.1. The van der Waals surface area contributed by atoms with Crippen molar-refractivity contribution < 1.29 is 4.74 Å². The van der Waals surface area contributed by atoms with Crippen molar-refractivity contribution >= 4 is 0 Å². The van der Waals surface area contributed by atoms with Gasteiger partial charge in [0.05, 0.1) is 18.8 Å². The van der Waals surface area contributed by atoms with E-state index in [1.165, 1.54) is 11.1 Å². The van der Waals surface area contributed by atoms with Crippen LogP contribution in [-0.2, 0) is 11.3 Å². The largest absolute Gasteiger partial charge is 0.371 e. The Balaban J connectivity index is 2.31. The van der Waals surface area contributed by atoms with E-state index in [1.807, 2.05) is 12.1 Å². The Morgan fingerprint density at radius 2 is 2.07 bits per heavy atom. The Hall–Kier alpha value is -0.860. The average molecular weight is 191 g/mol. The van der Waals surface area contributed by atoms with Gasteiger partial charge in [-0.3, -0.25) is 0 Å². The number of ether oxygens (including phenoxy) is 1. The number of nitrogens with two attached hydrogens (primary N) is 1. The third-order valence-electron chi connectivity index (χ3n) is 2.86. The minimum Gasteiger partial charge on any atom is -0.371 e. The highest BCUT2D eigenvalue weighted by Gasteiger charge is 2.29. The van der Waals surface area contributed by atoms with Crippen molar-refractivity contribution in [2.75, 3.05) is 0 Å². The minimum atomic E-state index is 0.0277. The number of hydrogen-bond donors (Lipinski definition) is 1. The molecule has 14 heavy (non-hydrogen) atoms. The lowest BCUT2D eigenvalue weighted by molar-refractivity contribution is -0.0194. The summed E-state index contributed by atoms with van der Waals surface area (Å²) in [6.45, 7) is 5.00. The zero-order valence-corrected chi connectivity index (χ0v) is 8.73. The van der Waals surface area contributed by atoms with Gasteiger partial charge in [-0.1, -0.05) is 38.1 Å². The van der Waals surface area contributed by atoms with Crippen LogP contribution in [0.15, 0.2) is 24.3 Å². The van der Waals surface area contributed by atoms with Crippen LogP contribution in [0.25, 0.3) is 0 Å². The summed E-state index contributed by atoms with van der Waals surface area (Å²) in [4.78, 5) is 0. The van der Waals surface area contributed by atoms with Crippen LogP contribution in [0.2, 0.25) is 0 Å². The molecule has 0 fully saturated rings. The van der Waals surface area contributed by atoms with E-state index in [9.17, 15) is 0 Å². The molecule has 1 heterocycles. The summed E-state index contributed by atoms with van der Waals surface area (Å²) >= 11 is 0. The van der Waals surface area contributed by atoms with E-state index < -0.39 is 0 Å². The highest BCUT2D eigenvalue weighted by atomic mass is 16.5. The van der Waals surface area contributed by atoms with Crippen LogP contribution in [0.5, 0.6) is 0 Å².